The highest BCUT2D eigenvalue weighted by atomic mass is 32.2. The molecule has 2 heterocycles. The average Bonchev–Trinajstić information content (AvgIpc) is 2.90. The molecule has 0 radical (unpaired) electrons. The molecule has 0 bridgehead atoms. The SMILES string of the molecule is O=C(CN1C(=O)S/C(=C\c2cccc3ccccc23)C1=O)N1CCCCCC1. The van der Waals surface area contributed by atoms with Gasteiger partial charge in [-0.15, -0.1) is 0 Å². The molecule has 0 unspecified atom stereocenters. The van der Waals surface area contributed by atoms with Gasteiger partial charge < -0.3 is 4.90 Å². The van der Waals surface area contributed by atoms with Gasteiger partial charge in [0.2, 0.25) is 5.91 Å². The van der Waals surface area contributed by atoms with Crippen LogP contribution >= 0.6 is 11.8 Å². The maximum Gasteiger partial charge on any atom is 0.294 e. The van der Waals surface area contributed by atoms with Gasteiger partial charge in [-0.05, 0) is 47.0 Å². The summed E-state index contributed by atoms with van der Waals surface area (Å²) in [4.78, 5) is 41.0. The Morgan fingerprint density at radius 2 is 1.68 bits per heavy atom. The van der Waals surface area contributed by atoms with Crippen LogP contribution in [0.4, 0.5) is 4.79 Å². The Balaban J connectivity index is 1.53. The number of imide groups is 1. The Morgan fingerprint density at radius 1 is 0.964 bits per heavy atom. The first-order valence-electron chi connectivity index (χ1n) is 9.64. The van der Waals surface area contributed by atoms with E-state index < -0.39 is 0 Å². The van der Waals surface area contributed by atoms with Crippen molar-refractivity contribution >= 4 is 45.7 Å². The second-order valence-corrected chi connectivity index (χ2v) is 8.12. The smallest absolute Gasteiger partial charge is 0.294 e. The normalized spacial score (nSPS) is 19.5. The largest absolute Gasteiger partial charge is 0.341 e. The third-order valence-corrected chi connectivity index (χ3v) is 6.14. The fourth-order valence-electron chi connectivity index (χ4n) is 3.71. The number of likely N-dealkylation sites (tertiary alicyclic amines) is 1. The molecule has 3 amide bonds. The van der Waals surface area contributed by atoms with E-state index >= 15 is 0 Å². The van der Waals surface area contributed by atoms with Crippen molar-refractivity contribution in [2.24, 2.45) is 0 Å². The van der Waals surface area contributed by atoms with E-state index in [0.29, 0.717) is 18.0 Å². The van der Waals surface area contributed by atoms with Crippen LogP contribution in [0.3, 0.4) is 0 Å². The van der Waals surface area contributed by atoms with Gasteiger partial charge in [0, 0.05) is 13.1 Å². The summed E-state index contributed by atoms with van der Waals surface area (Å²) in [6, 6.07) is 13.8. The summed E-state index contributed by atoms with van der Waals surface area (Å²) in [6.07, 6.45) is 5.96. The molecule has 28 heavy (non-hydrogen) atoms. The van der Waals surface area contributed by atoms with Crippen molar-refractivity contribution in [3.63, 3.8) is 0 Å². The van der Waals surface area contributed by atoms with Crippen molar-refractivity contribution in [3.8, 4) is 0 Å². The summed E-state index contributed by atoms with van der Waals surface area (Å²) >= 11 is 0.906. The van der Waals surface area contributed by atoms with E-state index in [-0.39, 0.29) is 23.6 Å². The summed E-state index contributed by atoms with van der Waals surface area (Å²) in [5, 5.41) is 1.73. The fourth-order valence-corrected chi connectivity index (χ4v) is 4.54. The van der Waals surface area contributed by atoms with Gasteiger partial charge in [-0.2, -0.15) is 0 Å². The van der Waals surface area contributed by atoms with Gasteiger partial charge >= 0.3 is 0 Å². The topological polar surface area (TPSA) is 57.7 Å². The molecule has 0 aromatic heterocycles. The Hall–Kier alpha value is -2.60. The summed E-state index contributed by atoms with van der Waals surface area (Å²) < 4.78 is 0. The zero-order valence-corrected chi connectivity index (χ0v) is 16.4. The van der Waals surface area contributed by atoms with Gasteiger partial charge in [-0.25, -0.2) is 0 Å². The van der Waals surface area contributed by atoms with Crippen LogP contribution in [0.1, 0.15) is 31.2 Å². The standard InChI is InChI=1S/C22H22N2O3S/c25-20(23-12-5-1-2-6-13-23)15-24-21(26)19(28-22(24)27)14-17-10-7-9-16-8-3-4-11-18(16)17/h3-4,7-11,14H,1-2,5-6,12-13,15H2/b19-14-. The van der Waals surface area contributed by atoms with Crippen LogP contribution in [-0.2, 0) is 9.59 Å². The summed E-state index contributed by atoms with van der Waals surface area (Å²) in [7, 11) is 0. The van der Waals surface area contributed by atoms with Crippen molar-refractivity contribution in [2.45, 2.75) is 25.7 Å². The number of amides is 3. The molecule has 0 saturated carbocycles. The fraction of sp³-hybridized carbons (Fsp3) is 0.318. The third kappa shape index (κ3) is 3.83. The average molecular weight is 394 g/mol. The van der Waals surface area contributed by atoms with Gasteiger partial charge in [0.05, 0.1) is 4.91 Å². The minimum atomic E-state index is -0.383. The van der Waals surface area contributed by atoms with E-state index in [2.05, 4.69) is 0 Å². The Kier molecular flexibility index (Phi) is 5.48. The molecular formula is C22H22N2O3S. The van der Waals surface area contributed by atoms with E-state index in [1.807, 2.05) is 42.5 Å². The lowest BCUT2D eigenvalue weighted by Gasteiger charge is -2.22. The van der Waals surface area contributed by atoms with Gasteiger partial charge in [0.15, 0.2) is 0 Å². The third-order valence-electron chi connectivity index (χ3n) is 5.24. The predicted molar refractivity (Wildman–Crippen MR) is 112 cm³/mol. The monoisotopic (exact) mass is 394 g/mol. The van der Waals surface area contributed by atoms with Gasteiger partial charge in [-0.3, -0.25) is 19.3 Å². The van der Waals surface area contributed by atoms with Crippen LogP contribution in [-0.4, -0.2) is 46.5 Å². The predicted octanol–water partition coefficient (Wildman–Crippen LogP) is 4.28. The molecular weight excluding hydrogens is 372 g/mol. The molecule has 2 aliphatic heterocycles. The van der Waals surface area contributed by atoms with Gasteiger partial charge in [0.25, 0.3) is 11.1 Å². The zero-order valence-electron chi connectivity index (χ0n) is 15.6. The van der Waals surface area contributed by atoms with Crippen LogP contribution < -0.4 is 0 Å². The van der Waals surface area contributed by atoms with Crippen LogP contribution in [0.5, 0.6) is 0 Å². The van der Waals surface area contributed by atoms with Crippen LogP contribution in [0.2, 0.25) is 0 Å². The van der Waals surface area contributed by atoms with E-state index in [9.17, 15) is 14.4 Å². The molecule has 144 valence electrons. The number of carbonyl (C=O) groups excluding carboxylic acids is 3. The lowest BCUT2D eigenvalue weighted by molar-refractivity contribution is -0.135. The molecule has 0 atom stereocenters. The van der Waals surface area contributed by atoms with Crippen molar-refractivity contribution in [1.29, 1.82) is 0 Å². The highest BCUT2D eigenvalue weighted by Gasteiger charge is 2.37. The van der Waals surface area contributed by atoms with Crippen LogP contribution in [0.15, 0.2) is 47.4 Å². The quantitative estimate of drug-likeness (QED) is 0.729. The molecule has 2 aliphatic rings. The lowest BCUT2D eigenvalue weighted by Crippen LogP contribution is -2.42. The first-order chi connectivity index (χ1) is 13.6. The number of fused-ring (bicyclic) bond motifs is 1. The first-order valence-corrected chi connectivity index (χ1v) is 10.5. The molecule has 2 fully saturated rings. The Bertz CT molecular complexity index is 956. The molecule has 6 heteroatoms. The number of carbonyl (C=O) groups is 3. The molecule has 2 aromatic rings. The molecule has 5 nitrogen and oxygen atoms in total. The minimum Gasteiger partial charge on any atom is -0.341 e. The second-order valence-electron chi connectivity index (χ2n) is 7.13. The number of rotatable bonds is 3. The van der Waals surface area contributed by atoms with Crippen molar-refractivity contribution < 1.29 is 14.4 Å². The van der Waals surface area contributed by atoms with Gasteiger partial charge in [0.1, 0.15) is 6.54 Å². The highest BCUT2D eigenvalue weighted by Crippen LogP contribution is 2.33. The summed E-state index contributed by atoms with van der Waals surface area (Å²) in [6.45, 7) is 1.25. The number of thioether (sulfide) groups is 1. The van der Waals surface area contributed by atoms with Gasteiger partial charge in [-0.1, -0.05) is 55.3 Å². The maximum absolute atomic E-state index is 12.8. The molecule has 4 rings (SSSR count). The number of nitrogens with zero attached hydrogens (tertiary/aromatic N) is 2. The maximum atomic E-state index is 12.8. The van der Waals surface area contributed by atoms with Crippen LogP contribution in [0.25, 0.3) is 16.8 Å². The minimum absolute atomic E-state index is 0.143. The summed E-state index contributed by atoms with van der Waals surface area (Å²) in [5.41, 5.74) is 0.891. The summed E-state index contributed by atoms with van der Waals surface area (Å²) in [5.74, 6) is -0.526. The molecule has 0 spiro atoms. The number of benzene rings is 2. The number of hydrogen-bond acceptors (Lipinski definition) is 4. The first kappa shape index (κ1) is 18.7. The molecule has 2 saturated heterocycles. The lowest BCUT2D eigenvalue weighted by atomic mass is 10.0. The molecule has 2 aromatic carbocycles. The molecule has 0 N–H and O–H groups in total. The second kappa shape index (κ2) is 8.19. The van der Waals surface area contributed by atoms with E-state index in [4.69, 9.17) is 0 Å². The van der Waals surface area contributed by atoms with Crippen molar-refractivity contribution in [3.05, 3.63) is 52.9 Å². The van der Waals surface area contributed by atoms with Crippen molar-refractivity contribution in [2.75, 3.05) is 19.6 Å². The van der Waals surface area contributed by atoms with Crippen LogP contribution in [0, 0.1) is 0 Å². The number of hydrogen-bond donors (Lipinski definition) is 0. The Morgan fingerprint density at radius 3 is 2.46 bits per heavy atom. The zero-order chi connectivity index (χ0) is 19.5. The van der Waals surface area contributed by atoms with Crippen molar-refractivity contribution in [1.82, 2.24) is 9.80 Å². The van der Waals surface area contributed by atoms with E-state index in [1.165, 1.54) is 0 Å². The highest BCUT2D eigenvalue weighted by molar-refractivity contribution is 8.18. The molecule has 0 aliphatic carbocycles. The van der Waals surface area contributed by atoms with E-state index in [1.54, 1.807) is 11.0 Å². The Labute approximate surface area is 168 Å². The van der Waals surface area contributed by atoms with E-state index in [0.717, 1.165) is 58.7 Å².